The Morgan fingerprint density at radius 2 is 1.77 bits per heavy atom. The molecule has 5 rings (SSSR count). The van der Waals surface area contributed by atoms with Crippen molar-refractivity contribution in [1.29, 1.82) is 0 Å². The first-order valence-electron chi connectivity index (χ1n) is 16.2. The summed E-state index contributed by atoms with van der Waals surface area (Å²) >= 11 is 3.32. The van der Waals surface area contributed by atoms with E-state index in [-0.39, 0.29) is 65.7 Å². The fourth-order valence-corrected chi connectivity index (χ4v) is 8.80. The van der Waals surface area contributed by atoms with Crippen LogP contribution in [-0.2, 0) is 38.3 Å². The number of fused-ring (bicyclic) bond motifs is 1. The maximum atomic E-state index is 14.3. The van der Waals surface area contributed by atoms with Crippen LogP contribution in [0.25, 0.3) is 0 Å². The number of likely N-dealkylation sites (N-methyl/N-ethyl adjacent to an activating group) is 1. The summed E-state index contributed by atoms with van der Waals surface area (Å²) in [4.78, 5) is 118. The summed E-state index contributed by atoms with van der Waals surface area (Å²) in [5, 5.41) is 23.6. The first kappa shape index (κ1) is 41.2. The molecule has 1 aromatic carbocycles. The standard InChI is InChI=1S/C31H32N8O14S3/c1-5-37-8-9-38(23(45)22(37)44)27(47)33-20(16-6-7-18(51-14(2)41)19(10-16)52-15(3)42)21(43)34-31(32-13-40)25(46)39-24(53-30(48)49)17(11-54-26(31)39)12-55-29-36-35-28(50-4)56-29/h6-7,10,13,20,26H,5,8-9,11-12H2,1-4H3,(H,32,40)(H,33,47)(H,34,43)(H,48,49)/t20?,26-,31+/m0/s1. The largest absolute Gasteiger partial charge is 0.512 e. The molecule has 0 saturated carbocycles. The van der Waals surface area contributed by atoms with Crippen molar-refractivity contribution in [1.82, 2.24) is 40.8 Å². The summed E-state index contributed by atoms with van der Waals surface area (Å²) in [6, 6.07) is 0.396. The van der Waals surface area contributed by atoms with E-state index in [9.17, 15) is 48.3 Å². The number of rotatable bonds is 14. The number of carboxylic acid groups (broad SMARTS) is 1. The highest BCUT2D eigenvalue weighted by molar-refractivity contribution is 8.01. The summed E-state index contributed by atoms with van der Waals surface area (Å²) in [5.41, 5.74) is -2.04. The SMILES string of the molecule is CCN1CCN(C(=O)NC(C(=O)N[C@]2(NC=O)C(=O)N3C(OC(=O)O)=C(CSc4nnc(OC)s4)CS[C@H]32)c2ccc(OC(C)=O)c(OC(C)=O)c2)C(=O)C1=O. The Kier molecular flexibility index (Phi) is 12.7. The van der Waals surface area contributed by atoms with Gasteiger partial charge in [-0.2, -0.15) is 0 Å². The van der Waals surface area contributed by atoms with Crippen molar-refractivity contribution in [3.63, 3.8) is 0 Å². The maximum Gasteiger partial charge on any atom is 0.512 e. The van der Waals surface area contributed by atoms with Gasteiger partial charge in [0.15, 0.2) is 15.8 Å². The molecule has 0 aliphatic carbocycles. The van der Waals surface area contributed by atoms with Gasteiger partial charge in [0.1, 0.15) is 11.4 Å². The van der Waals surface area contributed by atoms with Gasteiger partial charge in [-0.1, -0.05) is 22.9 Å². The number of hydrogen-bond donors (Lipinski definition) is 4. The quantitative estimate of drug-likeness (QED) is 0.0371. The Labute approximate surface area is 328 Å². The van der Waals surface area contributed by atoms with E-state index >= 15 is 0 Å². The third kappa shape index (κ3) is 8.47. The van der Waals surface area contributed by atoms with Crippen molar-refractivity contribution in [2.24, 2.45) is 0 Å². The Morgan fingerprint density at radius 1 is 1.05 bits per heavy atom. The smallest absolute Gasteiger partial charge is 0.472 e. The zero-order valence-corrected chi connectivity index (χ0v) is 32.2. The molecule has 22 nitrogen and oxygen atoms in total. The van der Waals surface area contributed by atoms with Gasteiger partial charge in [-0.25, -0.2) is 9.59 Å². The molecule has 1 unspecified atom stereocenters. The number of hydrogen-bond acceptors (Lipinski definition) is 18. The van der Waals surface area contributed by atoms with Crippen LogP contribution in [0.2, 0.25) is 0 Å². The molecule has 3 aliphatic rings. The molecule has 2 fully saturated rings. The number of thioether (sulfide) groups is 2. The summed E-state index contributed by atoms with van der Waals surface area (Å²) in [7, 11) is 1.41. The number of esters is 2. The number of piperazine rings is 1. The van der Waals surface area contributed by atoms with Crippen LogP contribution in [0.3, 0.4) is 0 Å². The van der Waals surface area contributed by atoms with Gasteiger partial charge < -0.3 is 44.9 Å². The minimum absolute atomic E-state index is 0.00166. The van der Waals surface area contributed by atoms with Crippen molar-refractivity contribution in [2.75, 3.05) is 38.2 Å². The number of aromatic nitrogens is 2. The Balaban J connectivity index is 1.48. The first-order valence-corrected chi connectivity index (χ1v) is 19.0. The van der Waals surface area contributed by atoms with Gasteiger partial charge in [0.25, 0.3) is 11.1 Å². The van der Waals surface area contributed by atoms with E-state index in [0.717, 1.165) is 65.7 Å². The molecule has 4 N–H and O–H groups in total. The second kappa shape index (κ2) is 17.2. The number of urea groups is 1. The van der Waals surface area contributed by atoms with Crippen LogP contribution in [-0.4, -0.2) is 133 Å². The molecular formula is C31H32N8O14S3. The minimum Gasteiger partial charge on any atom is -0.472 e. The second-order valence-electron chi connectivity index (χ2n) is 11.6. The Morgan fingerprint density at radius 3 is 2.39 bits per heavy atom. The Bertz CT molecular complexity index is 2030. The van der Waals surface area contributed by atoms with E-state index in [1.54, 1.807) is 6.92 Å². The number of amides is 7. The van der Waals surface area contributed by atoms with Crippen molar-refractivity contribution >= 4 is 89.0 Å². The first-order chi connectivity index (χ1) is 26.6. The molecular weight excluding hydrogens is 805 g/mol. The average molecular weight is 837 g/mol. The predicted molar refractivity (Wildman–Crippen MR) is 191 cm³/mol. The molecule has 3 atom stereocenters. The molecule has 56 heavy (non-hydrogen) atoms. The lowest BCUT2D eigenvalue weighted by Gasteiger charge is -2.56. The molecule has 3 aliphatic heterocycles. The minimum atomic E-state index is -2.25. The van der Waals surface area contributed by atoms with Crippen molar-refractivity contribution in [3.8, 4) is 16.7 Å². The molecule has 0 bridgehead atoms. The van der Waals surface area contributed by atoms with E-state index < -0.39 is 64.8 Å². The fraction of sp³-hybridized carbons (Fsp3) is 0.387. The number of ether oxygens (including phenoxy) is 4. The van der Waals surface area contributed by atoms with E-state index in [1.807, 2.05) is 0 Å². The molecule has 2 saturated heterocycles. The van der Waals surface area contributed by atoms with E-state index in [4.69, 9.17) is 18.9 Å². The zero-order valence-electron chi connectivity index (χ0n) is 29.7. The molecule has 0 radical (unpaired) electrons. The van der Waals surface area contributed by atoms with Gasteiger partial charge in [-0.15, -0.1) is 16.9 Å². The molecule has 2 aromatic rings. The third-order valence-electron chi connectivity index (χ3n) is 8.10. The van der Waals surface area contributed by atoms with Crippen LogP contribution in [0.15, 0.2) is 34.0 Å². The lowest BCUT2D eigenvalue weighted by atomic mass is 9.95. The van der Waals surface area contributed by atoms with Crippen molar-refractivity contribution in [3.05, 3.63) is 35.2 Å². The summed E-state index contributed by atoms with van der Waals surface area (Å²) in [6.45, 7) is 3.73. The van der Waals surface area contributed by atoms with Crippen LogP contribution >= 0.6 is 34.9 Å². The maximum absolute atomic E-state index is 14.3. The fourth-order valence-electron chi connectivity index (χ4n) is 5.63. The lowest BCUT2D eigenvalue weighted by Crippen LogP contribution is -2.85. The highest BCUT2D eigenvalue weighted by Gasteiger charge is 2.66. The number of nitrogens with one attached hydrogen (secondary N) is 3. The number of β-lactam (4-membered cyclic amide) rings is 1. The van der Waals surface area contributed by atoms with Crippen LogP contribution in [0.4, 0.5) is 9.59 Å². The number of imide groups is 1. The molecule has 7 amide bonds. The van der Waals surface area contributed by atoms with Crippen molar-refractivity contribution in [2.45, 2.75) is 42.2 Å². The Hall–Kier alpha value is -5.95. The molecule has 4 heterocycles. The summed E-state index contributed by atoms with van der Waals surface area (Å²) < 4.78 is 20.8. The second-order valence-corrected chi connectivity index (χ2v) is 14.8. The van der Waals surface area contributed by atoms with Crippen LogP contribution in [0.5, 0.6) is 16.7 Å². The van der Waals surface area contributed by atoms with Crippen LogP contribution in [0.1, 0.15) is 32.4 Å². The van der Waals surface area contributed by atoms with E-state index in [2.05, 4.69) is 26.1 Å². The number of benzene rings is 1. The van der Waals surface area contributed by atoms with Gasteiger partial charge in [-0.05, 0) is 36.0 Å². The summed E-state index contributed by atoms with van der Waals surface area (Å²) in [5.74, 6) is -6.79. The average Bonchev–Trinajstić information content (AvgIpc) is 3.62. The summed E-state index contributed by atoms with van der Waals surface area (Å²) in [6.07, 6.45) is -1.62. The normalized spacial score (nSPS) is 19.6. The number of carbonyl (C=O) groups is 9. The van der Waals surface area contributed by atoms with Gasteiger partial charge in [-0.3, -0.25) is 43.4 Å². The topological polar surface area (TPSA) is 282 Å². The molecule has 1 aromatic heterocycles. The van der Waals surface area contributed by atoms with Gasteiger partial charge >= 0.3 is 35.9 Å². The van der Waals surface area contributed by atoms with E-state index in [0.29, 0.717) is 14.8 Å². The third-order valence-corrected chi connectivity index (χ3v) is 11.6. The number of nitrogens with zero attached hydrogens (tertiary/aromatic N) is 5. The van der Waals surface area contributed by atoms with Crippen LogP contribution < -0.4 is 30.2 Å². The molecule has 25 heteroatoms. The van der Waals surface area contributed by atoms with Crippen molar-refractivity contribution < 1.29 is 67.2 Å². The van der Waals surface area contributed by atoms with Gasteiger partial charge in [0, 0.05) is 50.6 Å². The van der Waals surface area contributed by atoms with E-state index in [1.165, 1.54) is 18.1 Å². The zero-order chi connectivity index (χ0) is 40.9. The predicted octanol–water partition coefficient (Wildman–Crippen LogP) is 0.0108. The highest BCUT2D eigenvalue weighted by Crippen LogP contribution is 2.46. The molecule has 298 valence electrons. The molecule has 0 spiro atoms. The lowest BCUT2D eigenvalue weighted by molar-refractivity contribution is -0.163. The van der Waals surface area contributed by atoms with Gasteiger partial charge in [0.05, 0.1) is 7.11 Å². The van der Waals surface area contributed by atoms with Gasteiger partial charge in [0.2, 0.25) is 23.9 Å². The van der Waals surface area contributed by atoms with Crippen LogP contribution in [0, 0.1) is 0 Å². The number of methoxy groups -OCH3 is 1. The monoisotopic (exact) mass is 836 g/mol. The number of carbonyl (C=O) groups excluding carboxylic acids is 8. The highest BCUT2D eigenvalue weighted by atomic mass is 32.2.